The molecule has 0 bridgehead atoms. The minimum atomic E-state index is 0.0324. The fraction of sp³-hybridized carbons (Fsp3) is 0.304. The molecular weight excluding hydrogens is 336 g/mol. The first kappa shape index (κ1) is 16.5. The van der Waals surface area contributed by atoms with Gasteiger partial charge in [0.1, 0.15) is 0 Å². The van der Waals surface area contributed by atoms with Crippen LogP contribution in [0, 0.1) is 0 Å². The number of carbonyl (C=O) groups excluding carboxylic acids is 2. The van der Waals surface area contributed by atoms with Gasteiger partial charge in [0.15, 0.2) is 11.6 Å². The molecule has 136 valence electrons. The molecule has 0 spiro atoms. The van der Waals surface area contributed by atoms with Crippen molar-refractivity contribution in [3.05, 3.63) is 70.4 Å². The Hall–Kier alpha value is -2.72. The highest BCUT2D eigenvalue weighted by Crippen LogP contribution is 2.40. The molecule has 4 heteroatoms. The summed E-state index contributed by atoms with van der Waals surface area (Å²) in [6, 6.07) is 13.3. The summed E-state index contributed by atoms with van der Waals surface area (Å²) in [6.07, 6.45) is 2.35. The number of ketones is 2. The van der Waals surface area contributed by atoms with Gasteiger partial charge in [-0.2, -0.15) is 0 Å². The van der Waals surface area contributed by atoms with Gasteiger partial charge >= 0.3 is 0 Å². The summed E-state index contributed by atoms with van der Waals surface area (Å²) in [5, 5.41) is 4.47. The first-order valence-electron chi connectivity index (χ1n) is 9.69. The molecule has 27 heavy (non-hydrogen) atoms. The maximum absolute atomic E-state index is 13.3. The molecule has 2 aliphatic rings. The van der Waals surface area contributed by atoms with Gasteiger partial charge in [-0.3, -0.25) is 9.59 Å². The molecule has 5 rings (SSSR count). The number of fused-ring (bicyclic) bond motifs is 3. The van der Waals surface area contributed by atoms with Crippen LogP contribution in [0.25, 0.3) is 10.9 Å². The van der Waals surface area contributed by atoms with E-state index in [0.717, 1.165) is 48.0 Å². The van der Waals surface area contributed by atoms with Crippen LogP contribution in [0.15, 0.2) is 42.5 Å². The Balaban J connectivity index is 1.85. The van der Waals surface area contributed by atoms with E-state index in [0.29, 0.717) is 12.0 Å². The van der Waals surface area contributed by atoms with Crippen LogP contribution in [0.5, 0.6) is 0 Å². The largest absolute Gasteiger partial charge is 0.340 e. The van der Waals surface area contributed by atoms with Gasteiger partial charge in [-0.1, -0.05) is 30.3 Å². The topological polar surface area (TPSA) is 51.1 Å². The van der Waals surface area contributed by atoms with Crippen molar-refractivity contribution in [3.63, 3.8) is 0 Å². The van der Waals surface area contributed by atoms with Gasteiger partial charge < -0.3 is 9.88 Å². The Bertz CT molecular complexity index is 1080. The lowest BCUT2D eigenvalue weighted by Crippen LogP contribution is -2.22. The fourth-order valence-electron chi connectivity index (χ4n) is 4.77. The molecule has 0 saturated carbocycles. The summed E-state index contributed by atoms with van der Waals surface area (Å²) in [6.45, 7) is 3.95. The molecule has 0 aliphatic carbocycles. The van der Waals surface area contributed by atoms with E-state index in [-0.39, 0.29) is 17.6 Å². The van der Waals surface area contributed by atoms with Gasteiger partial charge in [0.05, 0.1) is 5.52 Å². The fourth-order valence-corrected chi connectivity index (χ4v) is 4.77. The average Bonchev–Trinajstić information content (AvgIpc) is 2.84. The number of Topliss-reactive ketones (excluding diaryl/α,β-unsaturated/α-hetero) is 1. The molecule has 3 heterocycles. The SMILES string of the molecule is CC1CC(=O)c2ccc(C(=O)c3ccccc3)c3c4c(n1c23)CCNCC4. The van der Waals surface area contributed by atoms with Crippen LogP contribution in [0.3, 0.4) is 0 Å². The van der Waals surface area contributed by atoms with Crippen molar-refractivity contribution < 1.29 is 9.59 Å². The van der Waals surface area contributed by atoms with Gasteiger partial charge in [-0.25, -0.2) is 0 Å². The second kappa shape index (κ2) is 6.17. The Labute approximate surface area is 158 Å². The molecule has 0 saturated heterocycles. The molecule has 1 atom stereocenters. The van der Waals surface area contributed by atoms with Crippen molar-refractivity contribution in [2.24, 2.45) is 0 Å². The van der Waals surface area contributed by atoms with E-state index in [2.05, 4.69) is 16.8 Å². The number of hydrogen-bond donors (Lipinski definition) is 1. The molecule has 4 nitrogen and oxygen atoms in total. The predicted octanol–water partition coefficient (Wildman–Crippen LogP) is 3.71. The molecule has 1 aromatic heterocycles. The Morgan fingerprint density at radius 3 is 2.67 bits per heavy atom. The van der Waals surface area contributed by atoms with Crippen LogP contribution in [-0.2, 0) is 12.8 Å². The molecule has 1 N–H and O–H groups in total. The van der Waals surface area contributed by atoms with E-state index in [1.807, 2.05) is 42.5 Å². The van der Waals surface area contributed by atoms with Crippen molar-refractivity contribution in [1.82, 2.24) is 9.88 Å². The standard InChI is InChI=1S/C23H22N2O2/c1-14-13-20(26)17-7-8-18(23(27)15-5-3-2-4-6-15)21-16-9-11-24-12-10-19(16)25(14)22(17)21/h2-8,14,24H,9-13H2,1H3. The van der Waals surface area contributed by atoms with E-state index < -0.39 is 0 Å². The Kier molecular flexibility index (Phi) is 3.76. The quantitative estimate of drug-likeness (QED) is 0.711. The van der Waals surface area contributed by atoms with Crippen LogP contribution in [0.2, 0.25) is 0 Å². The van der Waals surface area contributed by atoms with E-state index in [1.54, 1.807) is 0 Å². The molecular formula is C23H22N2O2. The molecule has 2 aliphatic heterocycles. The van der Waals surface area contributed by atoms with E-state index >= 15 is 0 Å². The minimum Gasteiger partial charge on any atom is -0.340 e. The van der Waals surface area contributed by atoms with Crippen molar-refractivity contribution in [1.29, 1.82) is 0 Å². The number of carbonyl (C=O) groups is 2. The smallest absolute Gasteiger partial charge is 0.193 e. The molecule has 3 aromatic rings. The van der Waals surface area contributed by atoms with Crippen LogP contribution >= 0.6 is 0 Å². The Morgan fingerprint density at radius 2 is 1.85 bits per heavy atom. The van der Waals surface area contributed by atoms with Crippen molar-refractivity contribution in [2.45, 2.75) is 32.2 Å². The minimum absolute atomic E-state index is 0.0324. The number of hydrogen-bond acceptors (Lipinski definition) is 3. The zero-order valence-corrected chi connectivity index (χ0v) is 15.4. The number of rotatable bonds is 2. The zero-order chi connectivity index (χ0) is 18.5. The van der Waals surface area contributed by atoms with Crippen LogP contribution in [0.4, 0.5) is 0 Å². The summed E-state index contributed by atoms with van der Waals surface area (Å²) in [7, 11) is 0. The summed E-state index contributed by atoms with van der Waals surface area (Å²) < 4.78 is 2.34. The maximum atomic E-state index is 13.3. The van der Waals surface area contributed by atoms with Gasteiger partial charge in [-0.15, -0.1) is 0 Å². The Morgan fingerprint density at radius 1 is 1.07 bits per heavy atom. The van der Waals surface area contributed by atoms with Gasteiger partial charge in [-0.05, 0) is 37.6 Å². The third-order valence-electron chi connectivity index (χ3n) is 5.95. The molecule has 1 unspecified atom stereocenters. The van der Waals surface area contributed by atoms with Crippen LogP contribution < -0.4 is 5.32 Å². The highest BCUT2D eigenvalue weighted by Gasteiger charge is 2.32. The van der Waals surface area contributed by atoms with E-state index in [1.165, 1.54) is 11.3 Å². The first-order chi connectivity index (χ1) is 13.2. The van der Waals surface area contributed by atoms with E-state index in [4.69, 9.17) is 0 Å². The molecule has 0 radical (unpaired) electrons. The number of nitrogens with zero attached hydrogens (tertiary/aromatic N) is 1. The second-order valence-corrected chi connectivity index (χ2v) is 7.60. The number of aromatic nitrogens is 1. The van der Waals surface area contributed by atoms with Gasteiger partial charge in [0.25, 0.3) is 0 Å². The molecule has 2 aromatic carbocycles. The van der Waals surface area contributed by atoms with Crippen molar-refractivity contribution >= 4 is 22.5 Å². The van der Waals surface area contributed by atoms with Crippen molar-refractivity contribution in [2.75, 3.05) is 13.1 Å². The zero-order valence-electron chi connectivity index (χ0n) is 15.4. The third kappa shape index (κ3) is 2.40. The lowest BCUT2D eigenvalue weighted by atomic mass is 9.91. The summed E-state index contributed by atoms with van der Waals surface area (Å²) in [4.78, 5) is 26.0. The summed E-state index contributed by atoms with van der Waals surface area (Å²) in [5.74, 6) is 0.217. The average molecular weight is 358 g/mol. The van der Waals surface area contributed by atoms with Gasteiger partial charge in [0, 0.05) is 53.2 Å². The lowest BCUT2D eigenvalue weighted by molar-refractivity contribution is 0.0959. The summed E-state index contributed by atoms with van der Waals surface area (Å²) >= 11 is 0. The number of benzene rings is 2. The third-order valence-corrected chi connectivity index (χ3v) is 5.95. The normalized spacial score (nSPS) is 19.0. The first-order valence-corrected chi connectivity index (χ1v) is 9.69. The maximum Gasteiger partial charge on any atom is 0.193 e. The summed E-state index contributed by atoms with van der Waals surface area (Å²) in [5.41, 5.74) is 5.71. The highest BCUT2D eigenvalue weighted by molar-refractivity contribution is 6.20. The lowest BCUT2D eigenvalue weighted by Gasteiger charge is -2.24. The monoisotopic (exact) mass is 358 g/mol. The van der Waals surface area contributed by atoms with E-state index in [9.17, 15) is 9.59 Å². The molecule has 0 fully saturated rings. The predicted molar refractivity (Wildman–Crippen MR) is 106 cm³/mol. The van der Waals surface area contributed by atoms with Crippen molar-refractivity contribution in [3.8, 4) is 0 Å². The highest BCUT2D eigenvalue weighted by atomic mass is 16.1. The van der Waals surface area contributed by atoms with Crippen LogP contribution in [0.1, 0.15) is 56.9 Å². The van der Waals surface area contributed by atoms with Crippen LogP contribution in [-0.4, -0.2) is 29.2 Å². The second-order valence-electron chi connectivity index (χ2n) is 7.60. The number of nitrogens with one attached hydrogen (secondary N) is 1. The molecule has 0 amide bonds. The van der Waals surface area contributed by atoms with Gasteiger partial charge in [0.2, 0.25) is 0 Å².